The van der Waals surface area contributed by atoms with E-state index < -0.39 is 5.97 Å². The molecule has 188 valence electrons. The Bertz CT molecular complexity index is 1240. The summed E-state index contributed by atoms with van der Waals surface area (Å²) >= 11 is 1.21. The van der Waals surface area contributed by atoms with Gasteiger partial charge in [0.1, 0.15) is 0 Å². The summed E-state index contributed by atoms with van der Waals surface area (Å²) in [5, 5.41) is 14.5. The smallest absolute Gasteiger partial charge is 0.338 e. The molecule has 0 unspecified atom stereocenters. The number of hydrogen-bond acceptors (Lipinski definition) is 7. The molecule has 0 aliphatic heterocycles. The van der Waals surface area contributed by atoms with Gasteiger partial charge in [0.25, 0.3) is 5.91 Å². The maximum atomic E-state index is 12.5. The number of hydrogen-bond donors (Lipinski definition) is 2. The monoisotopic (exact) mass is 507 g/mol. The summed E-state index contributed by atoms with van der Waals surface area (Å²) in [4.78, 5) is 37.1. The van der Waals surface area contributed by atoms with E-state index in [-0.39, 0.29) is 30.2 Å². The van der Waals surface area contributed by atoms with Crippen molar-refractivity contribution in [3.05, 3.63) is 83.7 Å². The number of esters is 1. The van der Waals surface area contributed by atoms with Crippen LogP contribution in [0.3, 0.4) is 0 Å². The molecule has 1 aromatic heterocycles. The number of amides is 2. The molecular formula is C26H29N5O4S. The van der Waals surface area contributed by atoms with E-state index in [0.29, 0.717) is 34.3 Å². The van der Waals surface area contributed by atoms with Crippen molar-refractivity contribution in [3.63, 3.8) is 0 Å². The van der Waals surface area contributed by atoms with Crippen molar-refractivity contribution in [2.75, 3.05) is 11.1 Å². The minimum absolute atomic E-state index is 0.0751. The van der Waals surface area contributed by atoms with Crippen LogP contribution >= 0.6 is 11.8 Å². The van der Waals surface area contributed by atoms with Gasteiger partial charge < -0.3 is 19.9 Å². The van der Waals surface area contributed by atoms with E-state index in [1.54, 1.807) is 60.9 Å². The van der Waals surface area contributed by atoms with Gasteiger partial charge in [0, 0.05) is 17.8 Å². The van der Waals surface area contributed by atoms with Gasteiger partial charge in [-0.15, -0.1) is 16.8 Å². The molecule has 0 aliphatic carbocycles. The van der Waals surface area contributed by atoms with Crippen LogP contribution in [0.5, 0.6) is 0 Å². The van der Waals surface area contributed by atoms with Gasteiger partial charge >= 0.3 is 5.97 Å². The maximum absolute atomic E-state index is 12.5. The Morgan fingerprint density at radius 1 is 1.11 bits per heavy atom. The summed E-state index contributed by atoms with van der Waals surface area (Å²) in [6, 6.07) is 13.9. The zero-order chi connectivity index (χ0) is 26.1. The normalized spacial score (nSPS) is 10.7. The standard InChI is InChI=1S/C26H29N5O4S/c1-5-13-31-22(15-27-24(33)19-11-9-18(4)10-12-19)29-30-26(31)36-16-23(32)28-21-8-6-7-20(14-21)25(34)35-17(2)3/h5-12,14,17H,1,13,15-16H2,2-4H3,(H,27,33)(H,28,32). The number of aromatic nitrogens is 3. The first-order valence-corrected chi connectivity index (χ1v) is 12.4. The lowest BCUT2D eigenvalue weighted by atomic mass is 10.1. The molecule has 3 aromatic rings. The van der Waals surface area contributed by atoms with E-state index >= 15 is 0 Å². The molecule has 2 amide bonds. The number of benzene rings is 2. The van der Waals surface area contributed by atoms with Crippen LogP contribution in [0.4, 0.5) is 5.69 Å². The molecule has 2 aromatic carbocycles. The summed E-state index contributed by atoms with van der Waals surface area (Å²) in [7, 11) is 0. The van der Waals surface area contributed by atoms with Crippen molar-refractivity contribution in [1.82, 2.24) is 20.1 Å². The third-order valence-electron chi connectivity index (χ3n) is 4.88. The minimum atomic E-state index is -0.449. The molecule has 36 heavy (non-hydrogen) atoms. The first-order valence-electron chi connectivity index (χ1n) is 11.4. The third-order valence-corrected chi connectivity index (χ3v) is 5.85. The van der Waals surface area contributed by atoms with Crippen LogP contribution < -0.4 is 10.6 Å². The number of anilines is 1. The van der Waals surface area contributed by atoms with Gasteiger partial charge in [-0.1, -0.05) is 41.6 Å². The molecular weight excluding hydrogens is 478 g/mol. The van der Waals surface area contributed by atoms with E-state index in [4.69, 9.17) is 4.74 Å². The van der Waals surface area contributed by atoms with Crippen molar-refractivity contribution in [2.24, 2.45) is 0 Å². The molecule has 0 spiro atoms. The molecule has 0 radical (unpaired) electrons. The highest BCUT2D eigenvalue weighted by molar-refractivity contribution is 7.99. The Kier molecular flexibility index (Phi) is 9.40. The van der Waals surface area contributed by atoms with Gasteiger partial charge in [0.15, 0.2) is 11.0 Å². The zero-order valence-corrected chi connectivity index (χ0v) is 21.3. The van der Waals surface area contributed by atoms with Gasteiger partial charge in [-0.3, -0.25) is 9.59 Å². The lowest BCUT2D eigenvalue weighted by molar-refractivity contribution is -0.113. The van der Waals surface area contributed by atoms with Crippen LogP contribution in [0.25, 0.3) is 0 Å². The van der Waals surface area contributed by atoms with Crippen molar-refractivity contribution in [2.45, 2.75) is 45.1 Å². The Morgan fingerprint density at radius 3 is 2.56 bits per heavy atom. The molecule has 9 nitrogen and oxygen atoms in total. The fraction of sp³-hybridized carbons (Fsp3) is 0.269. The topological polar surface area (TPSA) is 115 Å². The van der Waals surface area contributed by atoms with E-state index in [0.717, 1.165) is 5.56 Å². The molecule has 3 rings (SSSR count). The quantitative estimate of drug-likeness (QED) is 0.229. The van der Waals surface area contributed by atoms with E-state index in [2.05, 4.69) is 27.4 Å². The Labute approximate surface area is 214 Å². The highest BCUT2D eigenvalue weighted by atomic mass is 32.2. The summed E-state index contributed by atoms with van der Waals surface area (Å²) in [6.45, 7) is 9.88. The number of carbonyl (C=O) groups excluding carboxylic acids is 3. The Hall–Kier alpha value is -3.92. The lowest BCUT2D eigenvalue weighted by Gasteiger charge is -2.10. The average molecular weight is 508 g/mol. The molecule has 0 saturated carbocycles. The van der Waals surface area contributed by atoms with Crippen LogP contribution in [0.15, 0.2) is 66.3 Å². The van der Waals surface area contributed by atoms with E-state index in [1.165, 1.54) is 11.8 Å². The van der Waals surface area contributed by atoms with Crippen molar-refractivity contribution >= 4 is 35.2 Å². The molecule has 0 aliphatic rings. The van der Waals surface area contributed by atoms with Crippen molar-refractivity contribution < 1.29 is 19.1 Å². The number of thioether (sulfide) groups is 1. The second-order valence-electron chi connectivity index (χ2n) is 8.22. The summed E-state index contributed by atoms with van der Waals surface area (Å²) in [5.74, 6) is -0.302. The van der Waals surface area contributed by atoms with Gasteiger partial charge in [-0.05, 0) is 51.1 Å². The predicted octanol–water partition coefficient (Wildman–Crippen LogP) is 4.00. The van der Waals surface area contributed by atoms with E-state index in [1.807, 2.05) is 19.1 Å². The molecule has 0 atom stereocenters. The minimum Gasteiger partial charge on any atom is -0.459 e. The zero-order valence-electron chi connectivity index (χ0n) is 20.5. The first kappa shape index (κ1) is 26.7. The number of allylic oxidation sites excluding steroid dienone is 1. The van der Waals surface area contributed by atoms with Crippen LogP contribution in [-0.2, 0) is 22.6 Å². The predicted molar refractivity (Wildman–Crippen MR) is 139 cm³/mol. The van der Waals surface area contributed by atoms with Crippen LogP contribution in [0.2, 0.25) is 0 Å². The molecule has 10 heteroatoms. The summed E-state index contributed by atoms with van der Waals surface area (Å²) in [5.41, 5.74) is 2.48. The Balaban J connectivity index is 1.59. The highest BCUT2D eigenvalue weighted by Gasteiger charge is 2.16. The third kappa shape index (κ3) is 7.54. The number of aryl methyl sites for hydroxylation is 1. The second-order valence-corrected chi connectivity index (χ2v) is 9.16. The van der Waals surface area contributed by atoms with E-state index in [9.17, 15) is 14.4 Å². The molecule has 0 fully saturated rings. The molecule has 2 N–H and O–H groups in total. The molecule has 1 heterocycles. The molecule has 0 saturated heterocycles. The summed E-state index contributed by atoms with van der Waals surface area (Å²) < 4.78 is 6.99. The fourth-order valence-corrected chi connectivity index (χ4v) is 3.94. The number of nitrogens with zero attached hydrogens (tertiary/aromatic N) is 3. The lowest BCUT2D eigenvalue weighted by Crippen LogP contribution is -2.24. The number of ether oxygens (including phenoxy) is 1. The van der Waals surface area contributed by atoms with Crippen LogP contribution in [0.1, 0.15) is 46.0 Å². The first-order chi connectivity index (χ1) is 17.3. The molecule has 0 bridgehead atoms. The van der Waals surface area contributed by atoms with Gasteiger partial charge in [0.2, 0.25) is 5.91 Å². The largest absolute Gasteiger partial charge is 0.459 e. The number of rotatable bonds is 11. The van der Waals surface area contributed by atoms with Crippen molar-refractivity contribution in [3.8, 4) is 0 Å². The van der Waals surface area contributed by atoms with Gasteiger partial charge in [-0.2, -0.15) is 0 Å². The second kappa shape index (κ2) is 12.7. The average Bonchev–Trinajstić information content (AvgIpc) is 3.23. The number of nitrogens with one attached hydrogen (secondary N) is 2. The highest BCUT2D eigenvalue weighted by Crippen LogP contribution is 2.19. The summed E-state index contributed by atoms with van der Waals surface area (Å²) in [6.07, 6.45) is 1.46. The fourth-order valence-electron chi connectivity index (χ4n) is 3.17. The maximum Gasteiger partial charge on any atom is 0.338 e. The van der Waals surface area contributed by atoms with Gasteiger partial charge in [-0.25, -0.2) is 4.79 Å². The SMILES string of the molecule is C=CCn1c(CNC(=O)c2ccc(C)cc2)nnc1SCC(=O)Nc1cccc(C(=O)OC(C)C)c1. The Morgan fingerprint density at radius 2 is 1.86 bits per heavy atom. The van der Waals surface area contributed by atoms with Crippen molar-refractivity contribution in [1.29, 1.82) is 0 Å². The van der Waals surface area contributed by atoms with Gasteiger partial charge in [0.05, 0.1) is 24.0 Å². The van der Waals surface area contributed by atoms with Crippen LogP contribution in [0, 0.1) is 6.92 Å². The van der Waals surface area contributed by atoms with Crippen LogP contribution in [-0.4, -0.2) is 44.4 Å². The number of carbonyl (C=O) groups is 3.